The Kier molecular flexibility index (Phi) is 6.82. The second-order valence-corrected chi connectivity index (χ2v) is 9.37. The second-order valence-electron chi connectivity index (χ2n) is 7.44. The van der Waals surface area contributed by atoms with Crippen molar-refractivity contribution in [3.05, 3.63) is 48.0 Å². The zero-order valence-corrected chi connectivity index (χ0v) is 18.8. The van der Waals surface area contributed by atoms with Crippen LogP contribution in [-0.2, 0) is 24.3 Å². The zero-order valence-electron chi connectivity index (χ0n) is 18.0. The minimum absolute atomic E-state index is 0.125. The molecule has 0 radical (unpaired) electrons. The molecule has 0 aliphatic carbocycles. The van der Waals surface area contributed by atoms with Crippen LogP contribution in [0, 0.1) is 0 Å². The predicted molar refractivity (Wildman–Crippen MR) is 117 cm³/mol. The fraction of sp³-hybridized carbons (Fsp3) is 0.364. The average Bonchev–Trinajstić information content (AvgIpc) is 2.84. The second kappa shape index (κ2) is 9.77. The summed E-state index contributed by atoms with van der Waals surface area (Å²) in [5.74, 6) is -0.242. The molecule has 0 saturated carbocycles. The third kappa shape index (κ3) is 5.27. The van der Waals surface area contributed by atoms with Crippen molar-refractivity contribution in [1.82, 2.24) is 4.31 Å². The minimum atomic E-state index is -3.62. The average molecular weight is 477 g/mol. The molecule has 0 aromatic heterocycles. The van der Waals surface area contributed by atoms with E-state index < -0.39 is 28.0 Å². The van der Waals surface area contributed by atoms with Gasteiger partial charge in [0.25, 0.3) is 5.91 Å². The molecule has 1 atom stereocenters. The van der Waals surface area contributed by atoms with E-state index in [1.54, 1.807) is 6.07 Å². The molecule has 1 N–H and O–H groups in total. The number of benzene rings is 2. The number of hydrogen-bond acceptors (Lipinski definition) is 8. The summed E-state index contributed by atoms with van der Waals surface area (Å²) in [4.78, 5) is 25.0. The summed E-state index contributed by atoms with van der Waals surface area (Å²) in [6.45, 7) is 3.58. The molecule has 4 rings (SSSR count). The summed E-state index contributed by atoms with van der Waals surface area (Å²) in [6, 6.07) is 10.5. The van der Waals surface area contributed by atoms with Gasteiger partial charge in [-0.15, -0.1) is 0 Å². The lowest BCUT2D eigenvalue weighted by Crippen LogP contribution is -2.40. The quantitative estimate of drug-likeness (QED) is 0.625. The maximum atomic E-state index is 12.7. The molecule has 2 heterocycles. The molecule has 0 spiro atoms. The Morgan fingerprint density at radius 1 is 0.970 bits per heavy atom. The van der Waals surface area contributed by atoms with Gasteiger partial charge in [-0.05, 0) is 49.4 Å². The molecule has 2 aromatic rings. The largest absolute Gasteiger partial charge is 0.486 e. The minimum Gasteiger partial charge on any atom is -0.486 e. The van der Waals surface area contributed by atoms with E-state index in [0.29, 0.717) is 56.7 Å². The van der Waals surface area contributed by atoms with Crippen molar-refractivity contribution in [3.63, 3.8) is 0 Å². The highest BCUT2D eigenvalue weighted by Gasteiger charge is 2.26. The van der Waals surface area contributed by atoms with Crippen molar-refractivity contribution in [2.24, 2.45) is 0 Å². The summed E-state index contributed by atoms with van der Waals surface area (Å²) in [6.07, 6.45) is -1.08. The van der Waals surface area contributed by atoms with E-state index in [9.17, 15) is 18.0 Å². The number of anilines is 1. The van der Waals surface area contributed by atoms with Gasteiger partial charge in [-0.2, -0.15) is 4.31 Å². The lowest BCUT2D eigenvalue weighted by molar-refractivity contribution is -0.123. The molecule has 0 bridgehead atoms. The summed E-state index contributed by atoms with van der Waals surface area (Å²) < 4.78 is 48.1. The van der Waals surface area contributed by atoms with Gasteiger partial charge in [-0.1, -0.05) is 0 Å². The van der Waals surface area contributed by atoms with Crippen LogP contribution in [0.25, 0.3) is 0 Å². The molecule has 176 valence electrons. The first kappa shape index (κ1) is 23.0. The number of carbonyl (C=O) groups excluding carboxylic acids is 2. The van der Waals surface area contributed by atoms with Crippen LogP contribution in [-0.4, -0.2) is 70.2 Å². The molecule has 1 unspecified atom stereocenters. The van der Waals surface area contributed by atoms with Gasteiger partial charge in [-0.25, -0.2) is 13.2 Å². The van der Waals surface area contributed by atoms with Gasteiger partial charge in [-0.3, -0.25) is 4.79 Å². The highest BCUT2D eigenvalue weighted by molar-refractivity contribution is 7.89. The van der Waals surface area contributed by atoms with E-state index in [2.05, 4.69) is 5.32 Å². The molecule has 2 aliphatic rings. The monoisotopic (exact) mass is 476 g/mol. The molecule has 33 heavy (non-hydrogen) atoms. The van der Waals surface area contributed by atoms with E-state index in [1.165, 1.54) is 47.6 Å². The molecular weight excluding hydrogens is 452 g/mol. The highest BCUT2D eigenvalue weighted by atomic mass is 32.2. The lowest BCUT2D eigenvalue weighted by atomic mass is 10.2. The van der Waals surface area contributed by atoms with Crippen LogP contribution in [0.2, 0.25) is 0 Å². The maximum Gasteiger partial charge on any atom is 0.339 e. The first-order valence-corrected chi connectivity index (χ1v) is 11.9. The van der Waals surface area contributed by atoms with Crippen molar-refractivity contribution in [1.29, 1.82) is 0 Å². The fourth-order valence-electron chi connectivity index (χ4n) is 3.34. The molecule has 2 aliphatic heterocycles. The predicted octanol–water partition coefficient (Wildman–Crippen LogP) is 1.66. The first-order chi connectivity index (χ1) is 15.8. The van der Waals surface area contributed by atoms with Gasteiger partial charge >= 0.3 is 5.97 Å². The molecule has 1 amide bonds. The number of morpholine rings is 1. The van der Waals surface area contributed by atoms with E-state index in [0.717, 1.165) is 0 Å². The van der Waals surface area contributed by atoms with Crippen LogP contribution in [0.3, 0.4) is 0 Å². The normalized spacial score (nSPS) is 17.1. The Hall–Kier alpha value is -3.15. The number of rotatable bonds is 6. The number of nitrogens with one attached hydrogen (secondary N) is 1. The van der Waals surface area contributed by atoms with Crippen molar-refractivity contribution < 1.29 is 37.0 Å². The number of ether oxygens (including phenoxy) is 4. The number of esters is 1. The molecule has 10 nitrogen and oxygen atoms in total. The number of fused-ring (bicyclic) bond motifs is 1. The van der Waals surface area contributed by atoms with Crippen molar-refractivity contribution >= 4 is 27.6 Å². The number of hydrogen-bond donors (Lipinski definition) is 1. The van der Waals surface area contributed by atoms with Crippen molar-refractivity contribution in [3.8, 4) is 11.5 Å². The summed E-state index contributed by atoms with van der Waals surface area (Å²) in [5.41, 5.74) is 0.611. The summed E-state index contributed by atoms with van der Waals surface area (Å²) >= 11 is 0. The first-order valence-electron chi connectivity index (χ1n) is 10.4. The van der Waals surface area contributed by atoms with Crippen LogP contribution >= 0.6 is 0 Å². The summed E-state index contributed by atoms with van der Waals surface area (Å²) in [5, 5.41) is 2.62. The van der Waals surface area contributed by atoms with Gasteiger partial charge in [0.05, 0.1) is 23.7 Å². The fourth-order valence-corrected chi connectivity index (χ4v) is 4.75. The number of sulfonamides is 1. The maximum absolute atomic E-state index is 12.7. The van der Waals surface area contributed by atoms with E-state index in [4.69, 9.17) is 18.9 Å². The van der Waals surface area contributed by atoms with Gasteiger partial charge < -0.3 is 24.3 Å². The van der Waals surface area contributed by atoms with Crippen LogP contribution in [0.15, 0.2) is 47.4 Å². The SMILES string of the molecule is CC(OC(=O)c1ccc2c(c1)OCCO2)C(=O)Nc1ccc(S(=O)(=O)N2CCOCC2)cc1. The van der Waals surface area contributed by atoms with Crippen molar-refractivity contribution in [2.45, 2.75) is 17.9 Å². The smallest absolute Gasteiger partial charge is 0.339 e. The number of carbonyl (C=O) groups is 2. The Morgan fingerprint density at radius 2 is 1.64 bits per heavy atom. The van der Waals surface area contributed by atoms with Crippen molar-refractivity contribution in [2.75, 3.05) is 44.8 Å². The molecular formula is C22H24N2O8S. The zero-order chi connectivity index (χ0) is 23.4. The highest BCUT2D eigenvalue weighted by Crippen LogP contribution is 2.31. The van der Waals surface area contributed by atoms with Gasteiger partial charge in [0.1, 0.15) is 13.2 Å². The van der Waals surface area contributed by atoms with Gasteiger partial charge in [0.2, 0.25) is 10.0 Å². The van der Waals surface area contributed by atoms with Crippen LogP contribution in [0.1, 0.15) is 17.3 Å². The number of amides is 1. The number of nitrogens with zero attached hydrogens (tertiary/aromatic N) is 1. The topological polar surface area (TPSA) is 120 Å². The van der Waals surface area contributed by atoms with E-state index in [-0.39, 0.29) is 10.5 Å². The standard InChI is InChI=1S/C22H24N2O8S/c1-15(32-22(26)16-2-7-19-20(14-16)31-13-12-30-19)21(25)23-17-3-5-18(6-4-17)33(27,28)24-8-10-29-11-9-24/h2-7,14-15H,8-13H2,1H3,(H,23,25). The molecule has 1 fully saturated rings. The molecule has 2 aromatic carbocycles. The Balaban J connectivity index is 1.35. The Labute approximate surface area is 191 Å². The third-order valence-electron chi connectivity index (χ3n) is 5.16. The molecule has 1 saturated heterocycles. The van der Waals surface area contributed by atoms with Gasteiger partial charge in [0.15, 0.2) is 17.6 Å². The van der Waals surface area contributed by atoms with E-state index >= 15 is 0 Å². The Morgan fingerprint density at radius 3 is 2.33 bits per heavy atom. The Bertz CT molecular complexity index is 1130. The van der Waals surface area contributed by atoms with Gasteiger partial charge in [0, 0.05) is 18.8 Å². The van der Waals surface area contributed by atoms with Crippen LogP contribution in [0.5, 0.6) is 11.5 Å². The van der Waals surface area contributed by atoms with Crippen LogP contribution < -0.4 is 14.8 Å². The third-order valence-corrected chi connectivity index (χ3v) is 7.07. The lowest BCUT2D eigenvalue weighted by Gasteiger charge is -2.26. The van der Waals surface area contributed by atoms with E-state index in [1.807, 2.05) is 0 Å². The van der Waals surface area contributed by atoms with Crippen LogP contribution in [0.4, 0.5) is 5.69 Å². The summed E-state index contributed by atoms with van der Waals surface area (Å²) in [7, 11) is -3.62. The molecule has 11 heteroatoms.